The summed E-state index contributed by atoms with van der Waals surface area (Å²) in [6.07, 6.45) is 0.330. The largest absolute Gasteiger partial charge is 0.465 e. The van der Waals surface area contributed by atoms with Gasteiger partial charge in [0.15, 0.2) is 0 Å². The molecule has 0 heterocycles. The molecule has 0 saturated carbocycles. The van der Waals surface area contributed by atoms with Crippen LogP contribution in [0.1, 0.15) is 15.9 Å². The molecule has 0 amide bonds. The van der Waals surface area contributed by atoms with Gasteiger partial charge in [-0.25, -0.2) is 9.18 Å². The molecule has 1 rings (SSSR count). The number of hydrogen-bond acceptors (Lipinski definition) is 3. The summed E-state index contributed by atoms with van der Waals surface area (Å²) in [6, 6.07) is 4.30. The van der Waals surface area contributed by atoms with Crippen LogP contribution in [0.4, 0.5) is 4.39 Å². The Balaban J connectivity index is 3.13. The number of carbonyl (C=O) groups excluding carboxylic acids is 1. The van der Waals surface area contributed by atoms with Crippen LogP contribution >= 0.6 is 0 Å². The van der Waals surface area contributed by atoms with E-state index < -0.39 is 11.8 Å². The summed E-state index contributed by atoms with van der Waals surface area (Å²) >= 11 is 0. The summed E-state index contributed by atoms with van der Waals surface area (Å²) in [7, 11) is 1.26. The van der Waals surface area contributed by atoms with Gasteiger partial charge in [-0.2, -0.15) is 0 Å². The monoisotopic (exact) mass is 197 g/mol. The van der Waals surface area contributed by atoms with E-state index in [9.17, 15) is 9.18 Å². The van der Waals surface area contributed by atoms with E-state index in [1.165, 1.54) is 25.3 Å². The molecule has 0 unspecified atom stereocenters. The minimum Gasteiger partial charge on any atom is -0.465 e. The second kappa shape index (κ2) is 4.72. The predicted molar refractivity (Wildman–Crippen MR) is 50.5 cm³/mol. The zero-order valence-corrected chi connectivity index (χ0v) is 7.92. The van der Waals surface area contributed by atoms with Crippen molar-refractivity contribution in [2.45, 2.75) is 6.42 Å². The van der Waals surface area contributed by atoms with Crippen molar-refractivity contribution in [1.29, 1.82) is 0 Å². The lowest BCUT2D eigenvalue weighted by atomic mass is 10.0. The van der Waals surface area contributed by atoms with Crippen molar-refractivity contribution in [3.05, 3.63) is 35.1 Å². The van der Waals surface area contributed by atoms with Gasteiger partial charge in [0.25, 0.3) is 0 Å². The van der Waals surface area contributed by atoms with Crippen LogP contribution in [0.2, 0.25) is 0 Å². The molecule has 3 nitrogen and oxygen atoms in total. The number of hydrogen-bond donors (Lipinski definition) is 1. The SMILES string of the molecule is COC(=O)c1cccc(F)c1CCN. The Bertz CT molecular complexity index is 339. The van der Waals surface area contributed by atoms with Gasteiger partial charge in [0.05, 0.1) is 12.7 Å². The number of benzene rings is 1. The topological polar surface area (TPSA) is 52.3 Å². The van der Waals surface area contributed by atoms with Gasteiger partial charge in [-0.1, -0.05) is 6.07 Å². The maximum atomic E-state index is 13.3. The molecule has 76 valence electrons. The average Bonchev–Trinajstić information content (AvgIpc) is 2.20. The Kier molecular flexibility index (Phi) is 3.59. The smallest absolute Gasteiger partial charge is 0.338 e. The van der Waals surface area contributed by atoms with Crippen molar-refractivity contribution in [2.75, 3.05) is 13.7 Å². The van der Waals surface area contributed by atoms with E-state index in [0.29, 0.717) is 18.5 Å². The molecule has 0 aromatic heterocycles. The van der Waals surface area contributed by atoms with E-state index in [4.69, 9.17) is 5.73 Å². The summed E-state index contributed by atoms with van der Waals surface area (Å²) in [5, 5.41) is 0. The van der Waals surface area contributed by atoms with Gasteiger partial charge < -0.3 is 10.5 Å². The highest BCUT2D eigenvalue weighted by atomic mass is 19.1. The highest BCUT2D eigenvalue weighted by Gasteiger charge is 2.14. The Morgan fingerprint density at radius 3 is 2.86 bits per heavy atom. The van der Waals surface area contributed by atoms with Crippen molar-refractivity contribution in [2.24, 2.45) is 5.73 Å². The van der Waals surface area contributed by atoms with Gasteiger partial charge in [0.1, 0.15) is 5.82 Å². The Morgan fingerprint density at radius 2 is 2.29 bits per heavy atom. The molecule has 0 aliphatic heterocycles. The molecule has 0 radical (unpaired) electrons. The highest BCUT2D eigenvalue weighted by Crippen LogP contribution is 2.14. The van der Waals surface area contributed by atoms with Gasteiger partial charge in [-0.05, 0) is 25.1 Å². The molecule has 1 aromatic carbocycles. The lowest BCUT2D eigenvalue weighted by Gasteiger charge is -2.07. The number of nitrogens with two attached hydrogens (primary N) is 1. The van der Waals surface area contributed by atoms with Crippen molar-refractivity contribution in [3.8, 4) is 0 Å². The van der Waals surface area contributed by atoms with E-state index in [-0.39, 0.29) is 5.56 Å². The van der Waals surface area contributed by atoms with Crippen LogP contribution in [0.15, 0.2) is 18.2 Å². The molecule has 0 atom stereocenters. The molecular weight excluding hydrogens is 185 g/mol. The van der Waals surface area contributed by atoms with E-state index in [1.54, 1.807) is 0 Å². The first-order chi connectivity index (χ1) is 6.70. The molecule has 0 saturated heterocycles. The molecule has 0 bridgehead atoms. The van der Waals surface area contributed by atoms with Crippen LogP contribution in [0.5, 0.6) is 0 Å². The second-order valence-electron chi connectivity index (χ2n) is 2.80. The fourth-order valence-electron chi connectivity index (χ4n) is 1.26. The molecule has 14 heavy (non-hydrogen) atoms. The fraction of sp³-hybridized carbons (Fsp3) is 0.300. The summed E-state index contributed by atoms with van der Waals surface area (Å²) < 4.78 is 17.8. The van der Waals surface area contributed by atoms with E-state index >= 15 is 0 Å². The molecule has 0 aliphatic rings. The number of ether oxygens (including phenoxy) is 1. The van der Waals surface area contributed by atoms with Crippen LogP contribution in [0, 0.1) is 5.82 Å². The van der Waals surface area contributed by atoms with Crippen LogP contribution in [-0.2, 0) is 11.2 Å². The van der Waals surface area contributed by atoms with Crippen molar-refractivity contribution in [1.82, 2.24) is 0 Å². The zero-order chi connectivity index (χ0) is 10.6. The lowest BCUT2D eigenvalue weighted by molar-refractivity contribution is 0.0599. The number of methoxy groups -OCH3 is 1. The Morgan fingerprint density at radius 1 is 1.57 bits per heavy atom. The Hall–Kier alpha value is -1.42. The van der Waals surface area contributed by atoms with Crippen molar-refractivity contribution < 1.29 is 13.9 Å². The van der Waals surface area contributed by atoms with E-state index in [1.807, 2.05) is 0 Å². The number of esters is 1. The first-order valence-corrected chi connectivity index (χ1v) is 4.26. The predicted octanol–water partition coefficient (Wildman–Crippen LogP) is 1.11. The number of carbonyl (C=O) groups is 1. The Labute approximate surface area is 81.7 Å². The number of rotatable bonds is 3. The molecular formula is C10H12FNO2. The van der Waals surface area contributed by atoms with Crippen LogP contribution in [-0.4, -0.2) is 19.6 Å². The van der Waals surface area contributed by atoms with Gasteiger partial charge >= 0.3 is 5.97 Å². The van der Waals surface area contributed by atoms with Gasteiger partial charge in [0, 0.05) is 5.56 Å². The maximum absolute atomic E-state index is 13.3. The van der Waals surface area contributed by atoms with Crippen LogP contribution in [0.3, 0.4) is 0 Å². The molecule has 1 aromatic rings. The fourth-order valence-corrected chi connectivity index (χ4v) is 1.26. The molecule has 4 heteroatoms. The van der Waals surface area contributed by atoms with E-state index in [0.717, 1.165) is 0 Å². The molecule has 0 fully saturated rings. The summed E-state index contributed by atoms with van der Waals surface area (Å²) in [5.74, 6) is -0.952. The van der Waals surface area contributed by atoms with Gasteiger partial charge in [-0.3, -0.25) is 0 Å². The minimum absolute atomic E-state index is 0.248. The maximum Gasteiger partial charge on any atom is 0.338 e. The second-order valence-corrected chi connectivity index (χ2v) is 2.80. The average molecular weight is 197 g/mol. The first kappa shape index (κ1) is 10.7. The van der Waals surface area contributed by atoms with Gasteiger partial charge in [-0.15, -0.1) is 0 Å². The zero-order valence-electron chi connectivity index (χ0n) is 7.92. The summed E-state index contributed by atoms with van der Waals surface area (Å²) in [4.78, 5) is 11.2. The first-order valence-electron chi connectivity index (χ1n) is 4.26. The van der Waals surface area contributed by atoms with Crippen LogP contribution < -0.4 is 5.73 Å². The molecule has 2 N–H and O–H groups in total. The van der Waals surface area contributed by atoms with Crippen LogP contribution in [0.25, 0.3) is 0 Å². The van der Waals surface area contributed by atoms with Crippen molar-refractivity contribution >= 4 is 5.97 Å². The lowest BCUT2D eigenvalue weighted by Crippen LogP contribution is -2.12. The third-order valence-corrected chi connectivity index (χ3v) is 1.92. The summed E-state index contributed by atoms with van der Waals surface area (Å²) in [5.41, 5.74) is 5.89. The third-order valence-electron chi connectivity index (χ3n) is 1.92. The van der Waals surface area contributed by atoms with Crippen molar-refractivity contribution in [3.63, 3.8) is 0 Å². The normalized spacial score (nSPS) is 9.93. The summed E-state index contributed by atoms with van der Waals surface area (Å²) in [6.45, 7) is 0.297. The number of halogens is 1. The quantitative estimate of drug-likeness (QED) is 0.738. The standard InChI is InChI=1S/C10H12FNO2/c1-14-10(13)8-3-2-4-9(11)7(8)5-6-12/h2-4H,5-6,12H2,1H3. The van der Waals surface area contributed by atoms with E-state index in [2.05, 4.69) is 4.74 Å². The molecule has 0 aliphatic carbocycles. The highest BCUT2D eigenvalue weighted by molar-refractivity contribution is 5.91. The van der Waals surface area contributed by atoms with Gasteiger partial charge in [0.2, 0.25) is 0 Å². The third kappa shape index (κ3) is 2.09. The minimum atomic E-state index is -0.534. The molecule has 0 spiro atoms.